The van der Waals surface area contributed by atoms with Crippen molar-refractivity contribution < 1.29 is 23.8 Å². The van der Waals surface area contributed by atoms with Gasteiger partial charge in [0.1, 0.15) is 11.4 Å². The lowest BCUT2D eigenvalue weighted by Gasteiger charge is -2.21. The average molecular weight is 450 g/mol. The van der Waals surface area contributed by atoms with Gasteiger partial charge in [0.25, 0.3) is 5.91 Å². The van der Waals surface area contributed by atoms with Crippen molar-refractivity contribution in [3.8, 4) is 11.5 Å². The molecular weight excluding hydrogens is 422 g/mol. The van der Waals surface area contributed by atoms with Crippen LogP contribution in [0.3, 0.4) is 0 Å². The highest BCUT2D eigenvalue weighted by molar-refractivity contribution is 6.02. The van der Waals surface area contributed by atoms with Gasteiger partial charge < -0.3 is 24.4 Å². The van der Waals surface area contributed by atoms with E-state index in [2.05, 4.69) is 10.2 Å². The molecule has 0 spiro atoms. The first-order chi connectivity index (χ1) is 16.0. The van der Waals surface area contributed by atoms with Crippen LogP contribution in [-0.4, -0.2) is 50.3 Å². The van der Waals surface area contributed by atoms with Gasteiger partial charge in [-0.3, -0.25) is 4.79 Å². The van der Waals surface area contributed by atoms with Gasteiger partial charge in [0.2, 0.25) is 0 Å². The number of amides is 1. The molecule has 1 saturated heterocycles. The van der Waals surface area contributed by atoms with E-state index in [1.807, 2.05) is 24.3 Å². The zero-order valence-corrected chi connectivity index (χ0v) is 19.0. The van der Waals surface area contributed by atoms with Crippen LogP contribution in [0.4, 0.5) is 11.5 Å². The molecule has 8 nitrogen and oxygen atoms in total. The second-order valence-electron chi connectivity index (χ2n) is 7.85. The summed E-state index contributed by atoms with van der Waals surface area (Å²) < 4.78 is 16.0. The molecule has 1 amide bonds. The first-order valence-electron chi connectivity index (χ1n) is 10.9. The van der Waals surface area contributed by atoms with Crippen LogP contribution in [-0.2, 0) is 9.53 Å². The molecule has 8 heteroatoms. The Labute approximate surface area is 192 Å². The lowest BCUT2D eigenvalue weighted by Crippen LogP contribution is -2.31. The van der Waals surface area contributed by atoms with Crippen molar-refractivity contribution in [1.82, 2.24) is 4.98 Å². The fourth-order valence-electron chi connectivity index (χ4n) is 3.86. The Morgan fingerprint density at radius 3 is 2.45 bits per heavy atom. The van der Waals surface area contributed by atoms with Gasteiger partial charge >= 0.3 is 5.97 Å². The maximum atomic E-state index is 13.1. The average Bonchev–Trinajstić information content (AvgIpc) is 3.38. The van der Waals surface area contributed by atoms with E-state index in [1.165, 1.54) is 21.1 Å². The second-order valence-corrected chi connectivity index (χ2v) is 7.85. The van der Waals surface area contributed by atoms with Crippen molar-refractivity contribution in [2.75, 3.05) is 37.5 Å². The van der Waals surface area contributed by atoms with Crippen molar-refractivity contribution in [1.29, 1.82) is 0 Å². The van der Waals surface area contributed by atoms with Gasteiger partial charge in [0, 0.05) is 30.2 Å². The van der Waals surface area contributed by atoms with E-state index in [0.717, 1.165) is 36.8 Å². The molecule has 0 aliphatic carbocycles. The monoisotopic (exact) mass is 449 g/mol. The van der Waals surface area contributed by atoms with Crippen LogP contribution in [0, 0.1) is 0 Å². The van der Waals surface area contributed by atoms with Crippen molar-refractivity contribution in [3.05, 3.63) is 54.1 Å². The molecule has 2 heterocycles. The molecule has 3 aromatic rings. The number of nitrogens with zero attached hydrogens (tertiary/aromatic N) is 2. The Balaban J connectivity index is 1.52. The van der Waals surface area contributed by atoms with Gasteiger partial charge in [-0.15, -0.1) is 0 Å². The Hall–Kier alpha value is -3.81. The maximum Gasteiger partial charge on any atom is 0.342 e. The molecule has 1 aliphatic heterocycles. The predicted octanol–water partition coefficient (Wildman–Crippen LogP) is 4.04. The zero-order chi connectivity index (χ0) is 23.4. The predicted molar refractivity (Wildman–Crippen MR) is 126 cm³/mol. The molecule has 1 unspecified atom stereocenters. The molecule has 33 heavy (non-hydrogen) atoms. The zero-order valence-electron chi connectivity index (χ0n) is 19.0. The van der Waals surface area contributed by atoms with Gasteiger partial charge in [0.15, 0.2) is 17.6 Å². The lowest BCUT2D eigenvalue weighted by molar-refractivity contribution is -0.123. The van der Waals surface area contributed by atoms with Crippen LogP contribution in [0.2, 0.25) is 0 Å². The van der Waals surface area contributed by atoms with E-state index in [1.54, 1.807) is 24.3 Å². The van der Waals surface area contributed by atoms with Crippen LogP contribution in [0.15, 0.2) is 48.5 Å². The Bertz CT molecular complexity index is 1170. The van der Waals surface area contributed by atoms with Crippen LogP contribution in [0.1, 0.15) is 30.1 Å². The number of pyridine rings is 1. The number of ether oxygens (including phenoxy) is 3. The molecular formula is C25H27N3O5. The number of anilines is 2. The molecule has 1 aliphatic rings. The van der Waals surface area contributed by atoms with Crippen LogP contribution in [0.5, 0.6) is 11.5 Å². The summed E-state index contributed by atoms with van der Waals surface area (Å²) in [5, 5.41) is 3.59. The van der Waals surface area contributed by atoms with E-state index in [4.69, 9.17) is 19.2 Å². The van der Waals surface area contributed by atoms with Crippen LogP contribution >= 0.6 is 0 Å². The number of para-hydroxylation sites is 1. The maximum absolute atomic E-state index is 13.1. The van der Waals surface area contributed by atoms with Crippen molar-refractivity contribution in [2.24, 2.45) is 0 Å². The first kappa shape index (κ1) is 22.4. The topological polar surface area (TPSA) is 90.0 Å². The molecule has 0 saturated carbocycles. The van der Waals surface area contributed by atoms with E-state index in [-0.39, 0.29) is 0 Å². The number of nitrogens with one attached hydrogen (secondary N) is 1. The van der Waals surface area contributed by atoms with E-state index in [9.17, 15) is 9.59 Å². The minimum atomic E-state index is -1.01. The number of hydrogen-bond donors (Lipinski definition) is 1. The molecule has 0 radical (unpaired) electrons. The second kappa shape index (κ2) is 9.77. The number of rotatable bonds is 7. The number of aromatic nitrogens is 1. The van der Waals surface area contributed by atoms with Gasteiger partial charge in [-0.1, -0.05) is 18.2 Å². The van der Waals surface area contributed by atoms with Crippen LogP contribution < -0.4 is 19.7 Å². The number of methoxy groups -OCH3 is 2. The Morgan fingerprint density at radius 1 is 1.00 bits per heavy atom. The lowest BCUT2D eigenvalue weighted by atomic mass is 10.1. The van der Waals surface area contributed by atoms with Gasteiger partial charge in [0.05, 0.1) is 19.7 Å². The van der Waals surface area contributed by atoms with E-state index < -0.39 is 18.0 Å². The molecule has 1 aromatic heterocycles. The van der Waals surface area contributed by atoms with Gasteiger partial charge in [-0.05, 0) is 44.0 Å². The minimum absolute atomic E-state index is 0.362. The summed E-state index contributed by atoms with van der Waals surface area (Å²) in [4.78, 5) is 32.6. The van der Waals surface area contributed by atoms with E-state index in [0.29, 0.717) is 28.6 Å². The number of fused-ring (bicyclic) bond motifs is 1. The summed E-state index contributed by atoms with van der Waals surface area (Å²) in [5.74, 6) is 0.603. The van der Waals surface area contributed by atoms with Gasteiger partial charge in [-0.25, -0.2) is 9.78 Å². The molecule has 1 N–H and O–H groups in total. The number of carbonyl (C=O) groups is 2. The van der Waals surface area contributed by atoms with Crippen molar-refractivity contribution in [3.63, 3.8) is 0 Å². The molecule has 1 atom stereocenters. The number of hydrogen-bond acceptors (Lipinski definition) is 7. The summed E-state index contributed by atoms with van der Waals surface area (Å²) in [7, 11) is 3.05. The number of benzene rings is 2. The largest absolute Gasteiger partial charge is 0.493 e. The standard InChI is InChI=1S/C25H27N3O5/c1-16(24(29)26-18-10-11-21(31-2)22(15-18)32-3)33-25(30)19-14-17-8-4-5-9-20(17)27-23(19)28-12-6-7-13-28/h4-5,8-11,14-16H,6-7,12-13H2,1-3H3,(H,26,29). The molecule has 2 aromatic carbocycles. The highest BCUT2D eigenvalue weighted by Crippen LogP contribution is 2.30. The molecule has 4 rings (SSSR count). The third kappa shape index (κ3) is 4.84. The van der Waals surface area contributed by atoms with Gasteiger partial charge in [-0.2, -0.15) is 0 Å². The summed E-state index contributed by atoms with van der Waals surface area (Å²) >= 11 is 0. The number of carbonyl (C=O) groups excluding carboxylic acids is 2. The fraction of sp³-hybridized carbons (Fsp3) is 0.320. The fourth-order valence-corrected chi connectivity index (χ4v) is 3.86. The van der Waals surface area contributed by atoms with Crippen LogP contribution in [0.25, 0.3) is 10.9 Å². The third-order valence-corrected chi connectivity index (χ3v) is 5.63. The quantitative estimate of drug-likeness (QED) is 0.545. The summed E-state index contributed by atoms with van der Waals surface area (Å²) in [6.07, 6.45) is 1.09. The molecule has 172 valence electrons. The summed E-state index contributed by atoms with van der Waals surface area (Å²) in [6.45, 7) is 3.21. The highest BCUT2D eigenvalue weighted by Gasteiger charge is 2.26. The smallest absolute Gasteiger partial charge is 0.342 e. The SMILES string of the molecule is COc1ccc(NC(=O)C(C)OC(=O)c2cc3ccccc3nc2N2CCCC2)cc1OC. The third-order valence-electron chi connectivity index (χ3n) is 5.63. The Kier molecular flexibility index (Phi) is 6.63. The molecule has 0 bridgehead atoms. The number of esters is 1. The highest BCUT2D eigenvalue weighted by atomic mass is 16.5. The van der Waals surface area contributed by atoms with Crippen molar-refractivity contribution >= 4 is 34.3 Å². The molecule has 1 fully saturated rings. The normalized spacial score (nSPS) is 14.1. The Morgan fingerprint density at radius 2 is 1.73 bits per heavy atom. The van der Waals surface area contributed by atoms with E-state index >= 15 is 0 Å². The van der Waals surface area contributed by atoms with Crippen molar-refractivity contribution in [2.45, 2.75) is 25.9 Å². The minimum Gasteiger partial charge on any atom is -0.493 e. The summed E-state index contributed by atoms with van der Waals surface area (Å²) in [5.41, 5.74) is 1.68. The first-order valence-corrected chi connectivity index (χ1v) is 10.9. The summed E-state index contributed by atoms with van der Waals surface area (Å²) in [6, 6.07) is 14.4.